The SMILES string of the molecule is COc1cc(-c2c(CC(C)O)oc(=O)c3ccccc23)ccc1OCC(N)=O. The number of amides is 1. The standard InChI is InChI=1S/C21H21NO6/c1-12(23)9-18-20(14-5-3-4-6-15(14)21(25)28-18)13-7-8-16(17(10-13)26-2)27-11-19(22)24/h3-8,10,12,23H,9,11H2,1-2H3,(H2,22,24). The van der Waals surface area contributed by atoms with Crippen molar-refractivity contribution in [2.24, 2.45) is 5.73 Å². The van der Waals surface area contributed by atoms with E-state index in [-0.39, 0.29) is 13.0 Å². The van der Waals surface area contributed by atoms with Gasteiger partial charge in [-0.05, 0) is 30.7 Å². The molecule has 1 heterocycles. The van der Waals surface area contributed by atoms with Gasteiger partial charge in [-0.15, -0.1) is 0 Å². The van der Waals surface area contributed by atoms with Crippen LogP contribution in [-0.2, 0) is 11.2 Å². The van der Waals surface area contributed by atoms with Crippen LogP contribution in [-0.4, -0.2) is 30.8 Å². The van der Waals surface area contributed by atoms with Gasteiger partial charge in [0.25, 0.3) is 5.91 Å². The molecule has 0 aliphatic heterocycles. The Bertz CT molecular complexity index is 1070. The number of methoxy groups -OCH3 is 1. The van der Waals surface area contributed by atoms with Gasteiger partial charge in [0.1, 0.15) is 5.76 Å². The molecule has 3 aromatic rings. The average Bonchev–Trinajstić information content (AvgIpc) is 2.66. The summed E-state index contributed by atoms with van der Waals surface area (Å²) in [5.74, 6) is 0.550. The topological polar surface area (TPSA) is 112 Å². The molecule has 0 saturated carbocycles. The highest BCUT2D eigenvalue weighted by Crippen LogP contribution is 2.37. The van der Waals surface area contributed by atoms with Crippen LogP contribution >= 0.6 is 0 Å². The van der Waals surface area contributed by atoms with E-state index < -0.39 is 17.6 Å². The molecule has 3 N–H and O–H groups in total. The Hall–Kier alpha value is -3.32. The number of carbonyl (C=O) groups is 1. The van der Waals surface area contributed by atoms with E-state index in [1.807, 2.05) is 12.1 Å². The van der Waals surface area contributed by atoms with Crippen molar-refractivity contribution >= 4 is 16.7 Å². The number of aliphatic hydroxyl groups is 1. The Labute approximate surface area is 161 Å². The molecule has 0 fully saturated rings. The highest BCUT2D eigenvalue weighted by atomic mass is 16.5. The molecule has 0 spiro atoms. The number of fused-ring (bicyclic) bond motifs is 1. The van der Waals surface area contributed by atoms with Gasteiger partial charge < -0.3 is 24.7 Å². The zero-order chi connectivity index (χ0) is 20.3. The third kappa shape index (κ3) is 3.99. The zero-order valence-electron chi connectivity index (χ0n) is 15.6. The third-order valence-electron chi connectivity index (χ3n) is 4.21. The van der Waals surface area contributed by atoms with E-state index in [1.54, 1.807) is 37.3 Å². The van der Waals surface area contributed by atoms with E-state index in [0.29, 0.717) is 33.6 Å². The number of ether oxygens (including phenoxy) is 2. The molecular weight excluding hydrogens is 362 g/mol. The van der Waals surface area contributed by atoms with Crippen molar-refractivity contribution in [2.45, 2.75) is 19.4 Å². The fourth-order valence-electron chi connectivity index (χ4n) is 3.07. The molecule has 3 rings (SSSR count). The van der Waals surface area contributed by atoms with Gasteiger partial charge in [0.2, 0.25) is 0 Å². The summed E-state index contributed by atoms with van der Waals surface area (Å²) < 4.78 is 16.3. The van der Waals surface area contributed by atoms with Gasteiger partial charge in [-0.25, -0.2) is 4.79 Å². The van der Waals surface area contributed by atoms with Gasteiger partial charge in [0, 0.05) is 17.4 Å². The molecule has 1 unspecified atom stereocenters. The largest absolute Gasteiger partial charge is 0.493 e. The van der Waals surface area contributed by atoms with Crippen LogP contribution in [0.3, 0.4) is 0 Å². The Morgan fingerprint density at radius 1 is 1.18 bits per heavy atom. The lowest BCUT2D eigenvalue weighted by Crippen LogP contribution is -2.20. The first-order valence-corrected chi connectivity index (χ1v) is 8.73. The second kappa shape index (κ2) is 8.14. The van der Waals surface area contributed by atoms with Crippen molar-refractivity contribution < 1.29 is 23.8 Å². The number of rotatable bonds is 7. The molecule has 0 bridgehead atoms. The van der Waals surface area contributed by atoms with Crippen LogP contribution in [0.2, 0.25) is 0 Å². The second-order valence-corrected chi connectivity index (χ2v) is 6.41. The van der Waals surface area contributed by atoms with E-state index >= 15 is 0 Å². The molecule has 1 amide bonds. The molecule has 7 nitrogen and oxygen atoms in total. The monoisotopic (exact) mass is 383 g/mol. The second-order valence-electron chi connectivity index (χ2n) is 6.41. The Balaban J connectivity index is 2.20. The normalized spacial score (nSPS) is 12.0. The van der Waals surface area contributed by atoms with Crippen LogP contribution < -0.4 is 20.8 Å². The Kier molecular flexibility index (Phi) is 5.65. The fraction of sp³-hybridized carbons (Fsp3) is 0.238. The first-order valence-electron chi connectivity index (χ1n) is 8.73. The van der Waals surface area contributed by atoms with Crippen molar-refractivity contribution in [1.82, 2.24) is 0 Å². The summed E-state index contributed by atoms with van der Waals surface area (Å²) in [6.45, 7) is 1.35. The lowest BCUT2D eigenvalue weighted by atomic mass is 9.96. The number of carbonyl (C=O) groups excluding carboxylic acids is 1. The minimum absolute atomic E-state index is 0.178. The zero-order valence-corrected chi connectivity index (χ0v) is 15.6. The molecule has 146 valence electrons. The molecule has 2 aromatic carbocycles. The maximum absolute atomic E-state index is 12.4. The van der Waals surface area contributed by atoms with Crippen LogP contribution in [0.25, 0.3) is 21.9 Å². The predicted octanol–water partition coefficient (Wildman–Crippen LogP) is 2.26. The molecule has 0 saturated heterocycles. The number of benzene rings is 2. The van der Waals surface area contributed by atoms with E-state index in [9.17, 15) is 14.7 Å². The van der Waals surface area contributed by atoms with Crippen molar-refractivity contribution in [3.63, 3.8) is 0 Å². The van der Waals surface area contributed by atoms with Crippen LogP contribution in [0.15, 0.2) is 51.7 Å². The molecule has 0 radical (unpaired) electrons. The number of nitrogens with two attached hydrogens (primary N) is 1. The highest BCUT2D eigenvalue weighted by molar-refractivity contribution is 5.97. The Morgan fingerprint density at radius 3 is 2.54 bits per heavy atom. The predicted molar refractivity (Wildman–Crippen MR) is 105 cm³/mol. The summed E-state index contributed by atoms with van der Waals surface area (Å²) in [7, 11) is 1.48. The molecule has 7 heteroatoms. The number of hydrogen-bond donors (Lipinski definition) is 2. The number of aliphatic hydroxyl groups excluding tert-OH is 1. The Morgan fingerprint density at radius 2 is 1.89 bits per heavy atom. The summed E-state index contributed by atoms with van der Waals surface area (Å²) in [5.41, 5.74) is 6.08. The summed E-state index contributed by atoms with van der Waals surface area (Å²) in [4.78, 5) is 23.3. The molecule has 0 aliphatic carbocycles. The lowest BCUT2D eigenvalue weighted by Gasteiger charge is -2.15. The van der Waals surface area contributed by atoms with Crippen molar-refractivity contribution in [3.05, 3.63) is 58.6 Å². The minimum Gasteiger partial charge on any atom is -0.493 e. The lowest BCUT2D eigenvalue weighted by molar-refractivity contribution is -0.119. The maximum atomic E-state index is 12.4. The highest BCUT2D eigenvalue weighted by Gasteiger charge is 2.18. The van der Waals surface area contributed by atoms with Gasteiger partial charge in [-0.1, -0.05) is 24.3 Å². The van der Waals surface area contributed by atoms with Crippen LogP contribution in [0.5, 0.6) is 11.5 Å². The van der Waals surface area contributed by atoms with E-state index in [0.717, 1.165) is 5.56 Å². The summed E-state index contributed by atoms with van der Waals surface area (Å²) in [6, 6.07) is 12.3. The van der Waals surface area contributed by atoms with E-state index in [2.05, 4.69) is 0 Å². The average molecular weight is 383 g/mol. The van der Waals surface area contributed by atoms with Crippen molar-refractivity contribution in [2.75, 3.05) is 13.7 Å². The molecule has 28 heavy (non-hydrogen) atoms. The van der Waals surface area contributed by atoms with Gasteiger partial charge in [-0.2, -0.15) is 0 Å². The van der Waals surface area contributed by atoms with Crippen molar-refractivity contribution in [3.8, 4) is 22.6 Å². The smallest absolute Gasteiger partial charge is 0.343 e. The van der Waals surface area contributed by atoms with Crippen LogP contribution in [0.4, 0.5) is 0 Å². The van der Waals surface area contributed by atoms with Crippen LogP contribution in [0.1, 0.15) is 12.7 Å². The first-order chi connectivity index (χ1) is 13.4. The number of primary amides is 1. The summed E-state index contributed by atoms with van der Waals surface area (Å²) in [5, 5.41) is 11.0. The van der Waals surface area contributed by atoms with Gasteiger partial charge in [-0.3, -0.25) is 4.79 Å². The molecule has 1 aromatic heterocycles. The fourth-order valence-corrected chi connectivity index (χ4v) is 3.07. The van der Waals surface area contributed by atoms with E-state index in [1.165, 1.54) is 7.11 Å². The van der Waals surface area contributed by atoms with Gasteiger partial charge in [0.15, 0.2) is 18.1 Å². The molecule has 0 aliphatic rings. The third-order valence-corrected chi connectivity index (χ3v) is 4.21. The van der Waals surface area contributed by atoms with E-state index in [4.69, 9.17) is 19.6 Å². The van der Waals surface area contributed by atoms with Crippen molar-refractivity contribution in [1.29, 1.82) is 0 Å². The molecule has 1 atom stereocenters. The van der Waals surface area contributed by atoms with Gasteiger partial charge >= 0.3 is 5.63 Å². The minimum atomic E-state index is -0.692. The maximum Gasteiger partial charge on any atom is 0.343 e. The first kappa shape index (κ1) is 19.4. The molecular formula is C21H21NO6. The summed E-state index contributed by atoms with van der Waals surface area (Å²) >= 11 is 0. The van der Waals surface area contributed by atoms with Crippen LogP contribution in [0, 0.1) is 0 Å². The quantitative estimate of drug-likeness (QED) is 0.647. The summed E-state index contributed by atoms with van der Waals surface area (Å²) in [6.07, 6.45) is -0.513. The number of hydrogen-bond acceptors (Lipinski definition) is 6. The van der Waals surface area contributed by atoms with Gasteiger partial charge in [0.05, 0.1) is 18.6 Å².